The number of carbonyl (C=O) groups is 1. The van der Waals surface area contributed by atoms with Crippen LogP contribution in [-0.4, -0.2) is 29.9 Å². The second kappa shape index (κ2) is 6.59. The molecule has 0 spiro atoms. The van der Waals surface area contributed by atoms with E-state index in [2.05, 4.69) is 6.07 Å². The van der Waals surface area contributed by atoms with Crippen LogP contribution in [0.1, 0.15) is 50.5 Å². The first-order chi connectivity index (χ1) is 10.6. The van der Waals surface area contributed by atoms with Gasteiger partial charge in [-0.25, -0.2) is 0 Å². The molecule has 1 amide bonds. The summed E-state index contributed by atoms with van der Waals surface area (Å²) in [6.07, 6.45) is 7.16. The number of amides is 1. The number of likely N-dealkylation sites (tertiary alicyclic amines) is 1. The first kappa shape index (κ1) is 15.8. The van der Waals surface area contributed by atoms with Crippen molar-refractivity contribution in [1.82, 2.24) is 4.90 Å². The standard InChI is InChI=1S/C18H25ClN2O/c19-15-6-4-5-14(13-15)18(9-2-1-3-10-18)17(22)21-11-7-16(20)8-12-21/h4-6,13,16H,1-3,7-12,20H2. The van der Waals surface area contributed by atoms with Crippen molar-refractivity contribution in [3.8, 4) is 0 Å². The molecule has 1 aromatic carbocycles. The van der Waals surface area contributed by atoms with Crippen LogP contribution in [0.25, 0.3) is 0 Å². The zero-order valence-electron chi connectivity index (χ0n) is 13.1. The van der Waals surface area contributed by atoms with Crippen LogP contribution in [0.4, 0.5) is 0 Å². The Hall–Kier alpha value is -1.06. The maximum atomic E-state index is 13.3. The fraction of sp³-hybridized carbons (Fsp3) is 0.611. The van der Waals surface area contributed by atoms with Gasteiger partial charge in [0.05, 0.1) is 5.41 Å². The monoisotopic (exact) mass is 320 g/mol. The van der Waals surface area contributed by atoms with Crippen LogP contribution in [-0.2, 0) is 10.2 Å². The molecule has 0 radical (unpaired) electrons. The van der Waals surface area contributed by atoms with Gasteiger partial charge in [0, 0.05) is 24.2 Å². The predicted molar refractivity (Wildman–Crippen MR) is 90.0 cm³/mol. The van der Waals surface area contributed by atoms with Crippen molar-refractivity contribution in [2.24, 2.45) is 5.73 Å². The van der Waals surface area contributed by atoms with Crippen LogP contribution < -0.4 is 5.73 Å². The highest BCUT2D eigenvalue weighted by Gasteiger charge is 2.44. The van der Waals surface area contributed by atoms with Crippen LogP contribution in [0.2, 0.25) is 5.02 Å². The molecule has 2 fully saturated rings. The van der Waals surface area contributed by atoms with Crippen molar-refractivity contribution in [2.45, 2.75) is 56.4 Å². The minimum atomic E-state index is -0.370. The maximum absolute atomic E-state index is 13.3. The summed E-state index contributed by atoms with van der Waals surface area (Å²) in [7, 11) is 0. The number of benzene rings is 1. The summed E-state index contributed by atoms with van der Waals surface area (Å²) in [6.45, 7) is 1.59. The lowest BCUT2D eigenvalue weighted by Crippen LogP contribution is -2.52. The lowest BCUT2D eigenvalue weighted by atomic mass is 9.68. The van der Waals surface area contributed by atoms with E-state index in [1.165, 1.54) is 6.42 Å². The Morgan fingerprint density at radius 1 is 1.18 bits per heavy atom. The first-order valence-electron chi connectivity index (χ1n) is 8.43. The zero-order valence-corrected chi connectivity index (χ0v) is 13.8. The van der Waals surface area contributed by atoms with Gasteiger partial charge in [0.2, 0.25) is 5.91 Å². The summed E-state index contributed by atoms with van der Waals surface area (Å²) in [5.74, 6) is 0.293. The Morgan fingerprint density at radius 2 is 1.86 bits per heavy atom. The zero-order chi connectivity index (χ0) is 15.6. The fourth-order valence-corrected chi connectivity index (χ4v) is 4.16. The summed E-state index contributed by atoms with van der Waals surface area (Å²) in [6, 6.07) is 8.16. The lowest BCUT2D eigenvalue weighted by Gasteiger charge is -2.42. The molecule has 3 nitrogen and oxygen atoms in total. The van der Waals surface area contributed by atoms with Gasteiger partial charge in [-0.3, -0.25) is 4.79 Å². The average molecular weight is 321 g/mol. The number of rotatable bonds is 2. The van der Waals surface area contributed by atoms with E-state index in [-0.39, 0.29) is 11.5 Å². The summed E-state index contributed by atoms with van der Waals surface area (Å²) in [5, 5.41) is 0.718. The molecule has 1 heterocycles. The number of hydrogen-bond donors (Lipinski definition) is 1. The fourth-order valence-electron chi connectivity index (χ4n) is 3.97. The summed E-state index contributed by atoms with van der Waals surface area (Å²) < 4.78 is 0. The van der Waals surface area contributed by atoms with Gasteiger partial charge in [-0.2, -0.15) is 0 Å². The molecule has 1 saturated carbocycles. The highest BCUT2D eigenvalue weighted by molar-refractivity contribution is 6.30. The molecule has 2 aliphatic rings. The summed E-state index contributed by atoms with van der Waals surface area (Å²) in [5.41, 5.74) is 6.71. The molecule has 1 aliphatic carbocycles. The molecular formula is C18H25ClN2O. The summed E-state index contributed by atoms with van der Waals surface area (Å²) in [4.78, 5) is 15.4. The largest absolute Gasteiger partial charge is 0.342 e. The average Bonchev–Trinajstić information content (AvgIpc) is 2.55. The lowest BCUT2D eigenvalue weighted by molar-refractivity contribution is -0.140. The van der Waals surface area contributed by atoms with Crippen LogP contribution in [0, 0.1) is 0 Å². The van der Waals surface area contributed by atoms with E-state index in [4.69, 9.17) is 17.3 Å². The number of hydrogen-bond acceptors (Lipinski definition) is 2. The van der Waals surface area contributed by atoms with Gasteiger partial charge in [0.15, 0.2) is 0 Å². The number of halogens is 1. The molecule has 1 aromatic rings. The molecule has 0 bridgehead atoms. The van der Waals surface area contributed by atoms with Crippen molar-refractivity contribution < 1.29 is 4.79 Å². The molecule has 3 rings (SSSR count). The second-order valence-electron chi connectivity index (χ2n) is 6.78. The molecule has 120 valence electrons. The van der Waals surface area contributed by atoms with Gasteiger partial charge in [0.25, 0.3) is 0 Å². The highest BCUT2D eigenvalue weighted by atomic mass is 35.5. The minimum Gasteiger partial charge on any atom is -0.342 e. The SMILES string of the molecule is NC1CCN(C(=O)C2(c3cccc(Cl)c3)CCCCC2)CC1. The number of carbonyl (C=O) groups excluding carboxylic acids is 1. The van der Waals surface area contributed by atoms with Gasteiger partial charge in [0.1, 0.15) is 0 Å². The Labute approximate surface area is 137 Å². The van der Waals surface area contributed by atoms with Crippen molar-refractivity contribution in [2.75, 3.05) is 13.1 Å². The third kappa shape index (κ3) is 3.02. The van der Waals surface area contributed by atoms with Crippen LogP contribution in [0.3, 0.4) is 0 Å². The smallest absolute Gasteiger partial charge is 0.233 e. The molecular weight excluding hydrogens is 296 g/mol. The van der Waals surface area contributed by atoms with E-state index in [1.54, 1.807) is 0 Å². The predicted octanol–water partition coefficient (Wildman–Crippen LogP) is 3.49. The van der Waals surface area contributed by atoms with Crippen LogP contribution in [0.15, 0.2) is 24.3 Å². The third-order valence-electron chi connectivity index (χ3n) is 5.32. The van der Waals surface area contributed by atoms with Gasteiger partial charge in [-0.05, 0) is 43.4 Å². The van der Waals surface area contributed by atoms with Crippen molar-refractivity contribution in [3.63, 3.8) is 0 Å². The van der Waals surface area contributed by atoms with E-state index in [9.17, 15) is 4.79 Å². The van der Waals surface area contributed by atoms with Gasteiger partial charge < -0.3 is 10.6 Å². The number of nitrogens with zero attached hydrogens (tertiary/aromatic N) is 1. The molecule has 1 aliphatic heterocycles. The highest BCUT2D eigenvalue weighted by Crippen LogP contribution is 2.42. The van der Waals surface area contributed by atoms with Gasteiger partial charge >= 0.3 is 0 Å². The Kier molecular flexibility index (Phi) is 4.74. The van der Waals surface area contributed by atoms with Crippen molar-refractivity contribution in [3.05, 3.63) is 34.9 Å². The first-order valence-corrected chi connectivity index (χ1v) is 8.81. The molecule has 1 saturated heterocycles. The molecule has 2 N–H and O–H groups in total. The normalized spacial score (nSPS) is 22.5. The minimum absolute atomic E-state index is 0.248. The molecule has 0 atom stereocenters. The van der Waals surface area contributed by atoms with E-state index in [0.717, 1.165) is 62.2 Å². The molecule has 0 aromatic heterocycles. The number of nitrogens with two attached hydrogens (primary N) is 1. The van der Waals surface area contributed by atoms with Crippen LogP contribution in [0.5, 0.6) is 0 Å². The van der Waals surface area contributed by atoms with E-state index >= 15 is 0 Å². The molecule has 4 heteroatoms. The van der Waals surface area contributed by atoms with Crippen molar-refractivity contribution >= 4 is 17.5 Å². The Balaban J connectivity index is 1.90. The number of piperidine rings is 1. The Bertz CT molecular complexity index is 532. The van der Waals surface area contributed by atoms with Crippen molar-refractivity contribution in [1.29, 1.82) is 0 Å². The van der Waals surface area contributed by atoms with Gasteiger partial charge in [-0.1, -0.05) is 43.0 Å². The quantitative estimate of drug-likeness (QED) is 0.906. The van der Waals surface area contributed by atoms with E-state index < -0.39 is 0 Å². The summed E-state index contributed by atoms with van der Waals surface area (Å²) >= 11 is 6.19. The van der Waals surface area contributed by atoms with E-state index in [1.807, 2.05) is 23.1 Å². The second-order valence-corrected chi connectivity index (χ2v) is 7.22. The molecule has 0 unspecified atom stereocenters. The van der Waals surface area contributed by atoms with Gasteiger partial charge in [-0.15, -0.1) is 0 Å². The third-order valence-corrected chi connectivity index (χ3v) is 5.56. The topological polar surface area (TPSA) is 46.3 Å². The maximum Gasteiger partial charge on any atom is 0.233 e. The van der Waals surface area contributed by atoms with E-state index in [0.29, 0.717) is 5.91 Å². The Morgan fingerprint density at radius 3 is 2.50 bits per heavy atom. The molecule has 22 heavy (non-hydrogen) atoms. The van der Waals surface area contributed by atoms with Crippen LogP contribution >= 0.6 is 11.6 Å².